The Morgan fingerprint density at radius 3 is 2.15 bits per heavy atom. The van der Waals surface area contributed by atoms with E-state index in [1.165, 1.54) is 32.1 Å². The van der Waals surface area contributed by atoms with Crippen molar-refractivity contribution in [1.29, 1.82) is 0 Å². The number of halogens is 6. The van der Waals surface area contributed by atoms with Crippen LogP contribution in [0.3, 0.4) is 0 Å². The first-order chi connectivity index (χ1) is 20.9. The Hall–Kier alpha value is -2.72. The third kappa shape index (κ3) is 5.27. The van der Waals surface area contributed by atoms with Crippen LogP contribution in [0.25, 0.3) is 44.5 Å². The van der Waals surface area contributed by atoms with Gasteiger partial charge in [0.25, 0.3) is 5.92 Å². The lowest BCUT2D eigenvalue weighted by molar-refractivity contribution is 0.0481. The van der Waals surface area contributed by atoms with E-state index in [-0.39, 0.29) is 72.8 Å². The molecule has 1 spiro atoms. The molecule has 0 unspecified atom stereocenters. The van der Waals surface area contributed by atoms with E-state index >= 15 is 8.78 Å². The fraction of sp³-hybridized carbons (Fsp3) is 0.371. The Kier molecular flexibility index (Phi) is 8.72. The normalized spacial score (nSPS) is 25.0. The van der Waals surface area contributed by atoms with E-state index in [1.807, 2.05) is 42.5 Å². The number of aromatic nitrogens is 4. The first-order valence-corrected chi connectivity index (χ1v) is 15.6. The van der Waals surface area contributed by atoms with Crippen molar-refractivity contribution in [2.24, 2.45) is 11.3 Å². The van der Waals surface area contributed by atoms with E-state index in [1.54, 1.807) is 18.3 Å². The molecule has 2 bridgehead atoms. The molecule has 5 aliphatic rings. The largest absolute Gasteiger partial charge is 0.341 e. The van der Waals surface area contributed by atoms with Crippen LogP contribution in [0.2, 0.25) is 0 Å². The summed E-state index contributed by atoms with van der Waals surface area (Å²) in [6.45, 7) is 1.04. The summed E-state index contributed by atoms with van der Waals surface area (Å²) in [5, 5.41) is 7.29. The summed E-state index contributed by atoms with van der Waals surface area (Å²) in [7, 11) is 0. The van der Waals surface area contributed by atoms with Crippen LogP contribution in [0.4, 0.5) is 8.78 Å². The van der Waals surface area contributed by atoms with Gasteiger partial charge < -0.3 is 20.6 Å². The third-order valence-corrected chi connectivity index (χ3v) is 11.0. The summed E-state index contributed by atoms with van der Waals surface area (Å²) < 4.78 is 32.2. The van der Waals surface area contributed by atoms with Crippen LogP contribution in [0.1, 0.15) is 73.4 Å². The Bertz CT molecular complexity index is 1970. The van der Waals surface area contributed by atoms with Gasteiger partial charge in [-0.2, -0.15) is 8.78 Å². The first kappa shape index (κ1) is 34.2. The second kappa shape index (κ2) is 12.0. The fourth-order valence-electron chi connectivity index (χ4n) is 8.42. The number of H-pyrrole nitrogens is 2. The molecule has 3 aromatic carbocycles. The molecule has 4 heterocycles. The zero-order valence-corrected chi connectivity index (χ0v) is 28.6. The standard InChI is InChI=1S/C35H32F2N6.4ClH/c36-35(37)25-12-18(19-4-8-27-28(14-19)42-33(41-27)31-21-1-5-22(11-21)40-31)2-6-23(25)24-7-3-20(13-26(24)35)30-16-38-32(43-30)29-15-34(9-10-34)17-39-29;;;;/h2-4,6-8,12-14,16,21-22,29,31,39-40H,1,5,9-11,15,17H2,(H,38,43)(H,41,42);4*1H/t21-,22-,29+,31+;;;;/m1..../s1. The number of alkyl halides is 2. The maximum absolute atomic E-state index is 16.1. The van der Waals surface area contributed by atoms with Crippen molar-refractivity contribution in [3.8, 4) is 33.5 Å². The molecule has 2 aromatic heterocycles. The van der Waals surface area contributed by atoms with Crippen molar-refractivity contribution in [3.63, 3.8) is 0 Å². The molecule has 0 radical (unpaired) electrons. The third-order valence-electron chi connectivity index (χ3n) is 11.0. The lowest BCUT2D eigenvalue weighted by atomic mass is 9.98. The number of nitrogens with one attached hydrogen (secondary N) is 4. The fourth-order valence-corrected chi connectivity index (χ4v) is 8.42. The predicted octanol–water partition coefficient (Wildman–Crippen LogP) is 9.06. The number of piperidine rings is 1. The maximum Gasteiger partial charge on any atom is 0.299 e. The van der Waals surface area contributed by atoms with E-state index < -0.39 is 5.92 Å². The molecule has 0 amide bonds. The highest BCUT2D eigenvalue weighted by molar-refractivity contribution is 5.87. The van der Waals surface area contributed by atoms with E-state index in [0.717, 1.165) is 58.0 Å². The minimum absolute atomic E-state index is 0. The molecule has 4 fully saturated rings. The summed E-state index contributed by atoms with van der Waals surface area (Å²) in [6, 6.07) is 18.0. The van der Waals surface area contributed by atoms with Crippen molar-refractivity contribution in [1.82, 2.24) is 30.6 Å². The molecule has 2 aliphatic heterocycles. The lowest BCUT2D eigenvalue weighted by Crippen LogP contribution is -2.29. The van der Waals surface area contributed by atoms with E-state index in [9.17, 15) is 0 Å². The summed E-state index contributed by atoms with van der Waals surface area (Å²) in [6.07, 6.45) is 9.16. The van der Waals surface area contributed by atoms with Crippen LogP contribution < -0.4 is 10.6 Å². The number of hydrogen-bond donors (Lipinski definition) is 4. The number of aromatic amines is 2. The van der Waals surface area contributed by atoms with Crippen LogP contribution in [-0.4, -0.2) is 32.5 Å². The number of fused-ring (bicyclic) bond motifs is 6. The molecule has 47 heavy (non-hydrogen) atoms. The summed E-state index contributed by atoms with van der Waals surface area (Å²) in [5.74, 6) is -0.571. The van der Waals surface area contributed by atoms with Crippen molar-refractivity contribution in [3.05, 3.63) is 83.6 Å². The quantitative estimate of drug-likeness (QED) is 0.149. The number of benzene rings is 3. The van der Waals surface area contributed by atoms with E-state index in [4.69, 9.17) is 4.98 Å². The summed E-state index contributed by atoms with van der Waals surface area (Å²) >= 11 is 0. The SMILES string of the molecule is Cl.Cl.Cl.Cl.FC1(F)c2cc(-c3ccc4nc([C@H]5N[C@@H]6CC[C@@H]5C6)[nH]c4c3)ccc2-c2ccc(-c3cnc([C@@H]4CC5(CC5)CN4)[nH]3)cc21. The highest BCUT2D eigenvalue weighted by Gasteiger charge is 2.49. The topological polar surface area (TPSA) is 81.4 Å². The molecule has 12 heteroatoms. The van der Waals surface area contributed by atoms with Gasteiger partial charge in [-0.15, -0.1) is 49.6 Å². The van der Waals surface area contributed by atoms with Gasteiger partial charge in [-0.1, -0.05) is 30.3 Å². The van der Waals surface area contributed by atoms with Gasteiger partial charge in [-0.25, -0.2) is 9.97 Å². The second-order valence-corrected chi connectivity index (χ2v) is 13.7. The Labute approximate surface area is 296 Å². The van der Waals surface area contributed by atoms with E-state index in [2.05, 4.69) is 25.6 Å². The van der Waals surface area contributed by atoms with Crippen molar-refractivity contribution < 1.29 is 8.78 Å². The minimum atomic E-state index is -3.09. The molecule has 10 rings (SSSR count). The molecular formula is C35H36Cl4F2N6. The molecule has 3 aliphatic carbocycles. The van der Waals surface area contributed by atoms with Crippen molar-refractivity contribution in [2.45, 2.75) is 62.6 Å². The highest BCUT2D eigenvalue weighted by Crippen LogP contribution is 2.55. The van der Waals surface area contributed by atoms with Crippen LogP contribution in [0.15, 0.2) is 60.8 Å². The monoisotopic (exact) mass is 718 g/mol. The van der Waals surface area contributed by atoms with E-state index in [0.29, 0.717) is 28.5 Å². The van der Waals surface area contributed by atoms with Crippen LogP contribution >= 0.6 is 49.6 Å². The molecule has 6 nitrogen and oxygen atoms in total. The zero-order valence-electron chi connectivity index (χ0n) is 25.3. The van der Waals surface area contributed by atoms with Crippen LogP contribution in [0, 0.1) is 11.3 Å². The Morgan fingerprint density at radius 2 is 1.47 bits per heavy atom. The minimum Gasteiger partial charge on any atom is -0.341 e. The van der Waals surface area contributed by atoms with Gasteiger partial charge in [0.05, 0.1) is 35.0 Å². The van der Waals surface area contributed by atoms with Gasteiger partial charge in [0, 0.05) is 29.3 Å². The maximum atomic E-state index is 16.1. The smallest absolute Gasteiger partial charge is 0.299 e. The van der Waals surface area contributed by atoms with Crippen LogP contribution in [-0.2, 0) is 5.92 Å². The lowest BCUT2D eigenvalue weighted by Gasteiger charge is -2.20. The molecule has 4 atom stereocenters. The van der Waals surface area contributed by atoms with Crippen molar-refractivity contribution >= 4 is 60.7 Å². The average molecular weight is 721 g/mol. The number of nitrogens with zero attached hydrogens (tertiary/aromatic N) is 2. The summed E-state index contributed by atoms with van der Waals surface area (Å²) in [4.78, 5) is 16.4. The molecule has 248 valence electrons. The van der Waals surface area contributed by atoms with Gasteiger partial charge in [0.2, 0.25) is 0 Å². The second-order valence-electron chi connectivity index (χ2n) is 13.7. The Balaban J connectivity index is 0.000000966. The number of hydrogen-bond acceptors (Lipinski definition) is 4. The highest BCUT2D eigenvalue weighted by atomic mass is 35.5. The van der Waals surface area contributed by atoms with Crippen LogP contribution in [0.5, 0.6) is 0 Å². The molecule has 2 saturated carbocycles. The predicted molar refractivity (Wildman–Crippen MR) is 191 cm³/mol. The average Bonchev–Trinajstić information content (AvgIpc) is 3.68. The number of rotatable bonds is 4. The molecule has 2 saturated heterocycles. The Morgan fingerprint density at radius 1 is 0.766 bits per heavy atom. The molecular weight excluding hydrogens is 684 g/mol. The summed E-state index contributed by atoms with van der Waals surface area (Å²) in [5.41, 5.74) is 6.79. The molecule has 5 aromatic rings. The van der Waals surface area contributed by atoms with Gasteiger partial charge in [-0.05, 0) is 96.4 Å². The zero-order chi connectivity index (χ0) is 28.5. The first-order valence-electron chi connectivity index (χ1n) is 15.6. The van der Waals surface area contributed by atoms with Gasteiger partial charge in [0.1, 0.15) is 11.6 Å². The van der Waals surface area contributed by atoms with Gasteiger partial charge >= 0.3 is 0 Å². The van der Waals surface area contributed by atoms with Gasteiger partial charge in [-0.3, -0.25) is 0 Å². The van der Waals surface area contributed by atoms with Crippen molar-refractivity contribution in [2.75, 3.05) is 6.54 Å². The van der Waals surface area contributed by atoms with Gasteiger partial charge in [0.15, 0.2) is 0 Å². The number of imidazole rings is 2. The molecule has 4 N–H and O–H groups in total.